The van der Waals surface area contributed by atoms with Crippen molar-refractivity contribution < 1.29 is 0 Å². The van der Waals surface area contributed by atoms with Gasteiger partial charge in [0.2, 0.25) is 0 Å². The van der Waals surface area contributed by atoms with E-state index in [-0.39, 0.29) is 0 Å². The number of imidazole rings is 1. The highest BCUT2D eigenvalue weighted by Gasteiger charge is 2.28. The van der Waals surface area contributed by atoms with Crippen LogP contribution in [0.4, 0.5) is 0 Å². The molecule has 1 saturated carbocycles. The molecular formula is C13H23N3. The maximum atomic E-state index is 4.43. The van der Waals surface area contributed by atoms with E-state index in [4.69, 9.17) is 0 Å². The second-order valence-electron chi connectivity index (χ2n) is 4.66. The van der Waals surface area contributed by atoms with Crippen LogP contribution in [0.5, 0.6) is 0 Å². The standard InChI is InChI=1S/C13H23N3/c1-3-8-14-11-6-5-7-12(11)16-10-9-15-13(16)4-2/h9-12,14H,3-8H2,1-2H3. The summed E-state index contributed by atoms with van der Waals surface area (Å²) in [4.78, 5) is 4.43. The molecule has 1 N–H and O–H groups in total. The van der Waals surface area contributed by atoms with Crippen LogP contribution >= 0.6 is 0 Å². The summed E-state index contributed by atoms with van der Waals surface area (Å²) in [5.74, 6) is 1.23. The van der Waals surface area contributed by atoms with Gasteiger partial charge in [0.25, 0.3) is 0 Å². The molecule has 0 aromatic carbocycles. The van der Waals surface area contributed by atoms with Gasteiger partial charge in [0.05, 0.1) is 6.04 Å². The Morgan fingerprint density at radius 1 is 1.44 bits per heavy atom. The Hall–Kier alpha value is -0.830. The van der Waals surface area contributed by atoms with E-state index in [1.165, 1.54) is 31.5 Å². The SMILES string of the molecule is CCCNC1CCCC1n1ccnc1CC. The summed E-state index contributed by atoms with van der Waals surface area (Å²) in [6, 6.07) is 1.28. The molecule has 0 saturated heterocycles. The van der Waals surface area contributed by atoms with E-state index in [1.54, 1.807) is 0 Å². The Balaban J connectivity index is 2.07. The Morgan fingerprint density at radius 2 is 2.31 bits per heavy atom. The molecule has 0 aliphatic heterocycles. The first-order valence-electron chi connectivity index (χ1n) is 6.61. The lowest BCUT2D eigenvalue weighted by Gasteiger charge is -2.23. The van der Waals surface area contributed by atoms with Gasteiger partial charge in [-0.2, -0.15) is 0 Å². The van der Waals surface area contributed by atoms with Gasteiger partial charge in [-0.05, 0) is 32.2 Å². The molecule has 90 valence electrons. The molecule has 1 aliphatic rings. The minimum absolute atomic E-state index is 0.629. The molecule has 0 radical (unpaired) electrons. The Kier molecular flexibility index (Phi) is 3.99. The number of nitrogens with one attached hydrogen (secondary N) is 1. The lowest BCUT2D eigenvalue weighted by atomic mass is 10.1. The molecule has 2 atom stereocenters. The molecule has 3 nitrogen and oxygen atoms in total. The minimum atomic E-state index is 0.629. The highest BCUT2D eigenvalue weighted by Crippen LogP contribution is 2.31. The number of aryl methyl sites for hydroxylation is 1. The van der Waals surface area contributed by atoms with Crippen molar-refractivity contribution in [2.75, 3.05) is 6.54 Å². The summed E-state index contributed by atoms with van der Waals surface area (Å²) >= 11 is 0. The highest BCUT2D eigenvalue weighted by molar-refractivity contribution is 4.99. The molecule has 0 bridgehead atoms. The number of hydrogen-bond donors (Lipinski definition) is 1. The smallest absolute Gasteiger partial charge is 0.108 e. The molecule has 1 aromatic heterocycles. The average molecular weight is 221 g/mol. The topological polar surface area (TPSA) is 29.9 Å². The zero-order chi connectivity index (χ0) is 11.4. The third-order valence-corrected chi connectivity index (χ3v) is 3.56. The lowest BCUT2D eigenvalue weighted by Crippen LogP contribution is -2.34. The van der Waals surface area contributed by atoms with Crippen LogP contribution in [0.1, 0.15) is 51.4 Å². The van der Waals surface area contributed by atoms with Crippen LogP contribution in [0.15, 0.2) is 12.4 Å². The van der Waals surface area contributed by atoms with Crippen molar-refractivity contribution in [2.24, 2.45) is 0 Å². The maximum Gasteiger partial charge on any atom is 0.108 e. The van der Waals surface area contributed by atoms with Crippen molar-refractivity contribution in [1.82, 2.24) is 14.9 Å². The van der Waals surface area contributed by atoms with Gasteiger partial charge < -0.3 is 9.88 Å². The van der Waals surface area contributed by atoms with E-state index in [2.05, 4.69) is 34.9 Å². The van der Waals surface area contributed by atoms with Crippen LogP contribution in [-0.2, 0) is 6.42 Å². The van der Waals surface area contributed by atoms with Crippen molar-refractivity contribution in [1.29, 1.82) is 0 Å². The summed E-state index contributed by atoms with van der Waals surface area (Å²) in [7, 11) is 0. The number of hydrogen-bond acceptors (Lipinski definition) is 2. The molecular weight excluding hydrogens is 198 g/mol. The number of rotatable bonds is 5. The summed E-state index contributed by atoms with van der Waals surface area (Å²) < 4.78 is 2.39. The number of nitrogens with zero attached hydrogens (tertiary/aromatic N) is 2. The van der Waals surface area contributed by atoms with E-state index in [1.807, 2.05) is 6.20 Å². The third-order valence-electron chi connectivity index (χ3n) is 3.56. The molecule has 1 aliphatic carbocycles. The molecule has 2 unspecified atom stereocenters. The van der Waals surface area contributed by atoms with Crippen LogP contribution in [0.25, 0.3) is 0 Å². The Bertz CT molecular complexity index is 319. The van der Waals surface area contributed by atoms with Gasteiger partial charge in [0, 0.05) is 24.9 Å². The van der Waals surface area contributed by atoms with E-state index < -0.39 is 0 Å². The van der Waals surface area contributed by atoms with E-state index in [9.17, 15) is 0 Å². The molecule has 1 aromatic rings. The molecule has 2 rings (SSSR count). The maximum absolute atomic E-state index is 4.43. The first-order chi connectivity index (χ1) is 7.86. The summed E-state index contributed by atoms with van der Waals surface area (Å²) in [6.45, 7) is 5.55. The van der Waals surface area contributed by atoms with Crippen molar-refractivity contribution in [3.8, 4) is 0 Å². The first kappa shape index (κ1) is 11.6. The fraction of sp³-hybridized carbons (Fsp3) is 0.769. The minimum Gasteiger partial charge on any atom is -0.330 e. The molecule has 1 fully saturated rings. The van der Waals surface area contributed by atoms with Gasteiger partial charge in [-0.3, -0.25) is 0 Å². The van der Waals surface area contributed by atoms with E-state index in [0.29, 0.717) is 12.1 Å². The van der Waals surface area contributed by atoms with Crippen LogP contribution in [0.3, 0.4) is 0 Å². The molecule has 3 heteroatoms. The molecule has 1 heterocycles. The van der Waals surface area contributed by atoms with Gasteiger partial charge in [-0.1, -0.05) is 13.8 Å². The van der Waals surface area contributed by atoms with Crippen LogP contribution < -0.4 is 5.32 Å². The van der Waals surface area contributed by atoms with Gasteiger partial charge in [-0.15, -0.1) is 0 Å². The summed E-state index contributed by atoms with van der Waals surface area (Å²) in [5.41, 5.74) is 0. The molecule has 0 spiro atoms. The monoisotopic (exact) mass is 221 g/mol. The quantitative estimate of drug-likeness (QED) is 0.828. The van der Waals surface area contributed by atoms with Gasteiger partial charge >= 0.3 is 0 Å². The van der Waals surface area contributed by atoms with Crippen LogP contribution in [0, 0.1) is 0 Å². The first-order valence-corrected chi connectivity index (χ1v) is 6.61. The van der Waals surface area contributed by atoms with Crippen molar-refractivity contribution in [2.45, 2.75) is 58.0 Å². The molecule has 0 amide bonds. The third kappa shape index (κ3) is 2.29. The van der Waals surface area contributed by atoms with Crippen LogP contribution in [-0.4, -0.2) is 22.1 Å². The van der Waals surface area contributed by atoms with Crippen molar-refractivity contribution in [3.05, 3.63) is 18.2 Å². The van der Waals surface area contributed by atoms with E-state index in [0.717, 1.165) is 13.0 Å². The fourth-order valence-corrected chi connectivity index (χ4v) is 2.76. The largest absolute Gasteiger partial charge is 0.330 e. The normalized spacial score (nSPS) is 25.1. The van der Waals surface area contributed by atoms with Gasteiger partial charge in [-0.25, -0.2) is 4.98 Å². The van der Waals surface area contributed by atoms with Gasteiger partial charge in [0.1, 0.15) is 5.82 Å². The summed E-state index contributed by atoms with van der Waals surface area (Å²) in [5, 5.41) is 3.67. The lowest BCUT2D eigenvalue weighted by molar-refractivity contribution is 0.384. The fourth-order valence-electron chi connectivity index (χ4n) is 2.76. The summed E-state index contributed by atoms with van der Waals surface area (Å²) in [6.07, 6.45) is 10.3. The highest BCUT2D eigenvalue weighted by atomic mass is 15.1. The van der Waals surface area contributed by atoms with Crippen LogP contribution in [0.2, 0.25) is 0 Å². The Labute approximate surface area is 98.3 Å². The Morgan fingerprint density at radius 3 is 3.06 bits per heavy atom. The van der Waals surface area contributed by atoms with Gasteiger partial charge in [0.15, 0.2) is 0 Å². The van der Waals surface area contributed by atoms with Crippen molar-refractivity contribution >= 4 is 0 Å². The van der Waals surface area contributed by atoms with E-state index >= 15 is 0 Å². The second-order valence-corrected chi connectivity index (χ2v) is 4.66. The predicted molar refractivity (Wildman–Crippen MR) is 66.6 cm³/mol. The molecule has 16 heavy (non-hydrogen) atoms. The zero-order valence-corrected chi connectivity index (χ0v) is 10.4. The van der Waals surface area contributed by atoms with Crippen molar-refractivity contribution in [3.63, 3.8) is 0 Å². The average Bonchev–Trinajstić information content (AvgIpc) is 2.93. The second kappa shape index (κ2) is 5.48. The predicted octanol–water partition coefficient (Wildman–Crippen LogP) is 2.54. The number of aromatic nitrogens is 2. The zero-order valence-electron chi connectivity index (χ0n) is 10.4.